The van der Waals surface area contributed by atoms with Gasteiger partial charge in [-0.15, -0.1) is 0 Å². The van der Waals surface area contributed by atoms with Gasteiger partial charge in [0.15, 0.2) is 0 Å². The summed E-state index contributed by atoms with van der Waals surface area (Å²) < 4.78 is 44.0. The van der Waals surface area contributed by atoms with Gasteiger partial charge in [0, 0.05) is 17.6 Å². The molecule has 1 heterocycles. The molecule has 1 N–H and O–H groups in total. The third kappa shape index (κ3) is 4.59. The second-order valence-electron chi connectivity index (χ2n) is 5.02. The highest BCUT2D eigenvalue weighted by Gasteiger charge is 2.35. The van der Waals surface area contributed by atoms with Crippen LogP contribution in [0.3, 0.4) is 0 Å². The summed E-state index contributed by atoms with van der Waals surface area (Å²) in [6.07, 6.45) is -3.44. The Morgan fingerprint density at radius 1 is 1.24 bits per heavy atom. The van der Waals surface area contributed by atoms with Gasteiger partial charge in [-0.2, -0.15) is 13.2 Å². The van der Waals surface area contributed by atoms with Gasteiger partial charge in [-0.05, 0) is 37.1 Å². The molecule has 3 nitrogen and oxygen atoms in total. The molecule has 0 amide bonds. The van der Waals surface area contributed by atoms with Crippen molar-refractivity contribution in [3.05, 3.63) is 27.7 Å². The predicted octanol–water partition coefficient (Wildman–Crippen LogP) is 3.44. The van der Waals surface area contributed by atoms with E-state index in [-0.39, 0.29) is 0 Å². The molecule has 1 saturated heterocycles. The topological polar surface area (TPSA) is 32.7 Å². The molecule has 1 fully saturated rings. The molecular weight excluding hydrogens is 351 g/mol. The Kier molecular flexibility index (Phi) is 5.51. The first-order chi connectivity index (χ1) is 9.88. The van der Waals surface area contributed by atoms with Crippen LogP contribution < -0.4 is 0 Å². The molecule has 0 aromatic heterocycles. The summed E-state index contributed by atoms with van der Waals surface area (Å²) in [7, 11) is 0. The highest BCUT2D eigenvalue weighted by atomic mass is 79.9. The number of hydrogen-bond acceptors (Lipinski definition) is 3. The summed E-state index contributed by atoms with van der Waals surface area (Å²) in [5.74, 6) is -0.660. The molecule has 118 valence electrons. The predicted molar refractivity (Wildman–Crippen MR) is 76.4 cm³/mol. The van der Waals surface area contributed by atoms with E-state index in [4.69, 9.17) is 4.74 Å². The molecule has 1 aromatic rings. The minimum Gasteiger partial charge on any atom is -0.507 e. The largest absolute Gasteiger partial charge is 0.507 e. The third-order valence-electron chi connectivity index (χ3n) is 3.48. The van der Waals surface area contributed by atoms with Gasteiger partial charge in [0.05, 0.1) is 18.8 Å². The second-order valence-corrected chi connectivity index (χ2v) is 5.93. The molecule has 0 bridgehead atoms. The van der Waals surface area contributed by atoms with Gasteiger partial charge in [0.25, 0.3) is 0 Å². The Labute approximate surface area is 129 Å². The highest BCUT2D eigenvalue weighted by Crippen LogP contribution is 2.39. The SMILES string of the molecule is Oc1c(CCCN2CCOCC2)cc(Br)cc1C(F)(F)F. The number of aromatic hydroxyl groups is 1. The minimum absolute atomic E-state index is 0.324. The van der Waals surface area contributed by atoms with Gasteiger partial charge in [-0.3, -0.25) is 4.90 Å². The van der Waals surface area contributed by atoms with Crippen LogP contribution in [0.1, 0.15) is 17.5 Å². The number of ether oxygens (including phenoxy) is 1. The Balaban J connectivity index is 2.01. The first kappa shape index (κ1) is 16.6. The summed E-state index contributed by atoms with van der Waals surface area (Å²) >= 11 is 3.07. The average Bonchev–Trinajstić information content (AvgIpc) is 2.42. The maximum absolute atomic E-state index is 12.8. The van der Waals surface area contributed by atoms with E-state index in [1.165, 1.54) is 0 Å². The van der Waals surface area contributed by atoms with E-state index in [0.29, 0.717) is 36.1 Å². The van der Waals surface area contributed by atoms with Gasteiger partial charge in [-0.1, -0.05) is 15.9 Å². The second kappa shape index (κ2) is 6.98. The van der Waals surface area contributed by atoms with E-state index in [1.54, 1.807) is 6.07 Å². The number of phenolic OH excluding ortho intramolecular Hbond substituents is 1. The van der Waals surface area contributed by atoms with Crippen LogP contribution in [-0.4, -0.2) is 42.9 Å². The van der Waals surface area contributed by atoms with Crippen molar-refractivity contribution in [1.82, 2.24) is 4.90 Å². The number of morpholine rings is 1. The first-order valence-corrected chi connectivity index (χ1v) is 7.56. The molecule has 0 atom stereocenters. The molecule has 0 unspecified atom stereocenters. The van der Waals surface area contributed by atoms with Gasteiger partial charge in [0.2, 0.25) is 0 Å². The van der Waals surface area contributed by atoms with Crippen molar-refractivity contribution < 1.29 is 23.0 Å². The molecule has 1 aromatic carbocycles. The lowest BCUT2D eigenvalue weighted by atomic mass is 10.0. The van der Waals surface area contributed by atoms with Crippen LogP contribution in [-0.2, 0) is 17.3 Å². The summed E-state index contributed by atoms with van der Waals surface area (Å²) in [4.78, 5) is 2.21. The standard InChI is InChI=1S/C14H17BrF3NO2/c15-11-8-10(13(20)12(9-11)14(16,17)18)2-1-3-19-4-6-21-7-5-19/h8-9,20H,1-7H2. The summed E-state index contributed by atoms with van der Waals surface area (Å²) in [5.41, 5.74) is -0.664. The van der Waals surface area contributed by atoms with Crippen molar-refractivity contribution in [3.8, 4) is 5.75 Å². The summed E-state index contributed by atoms with van der Waals surface area (Å²) in [6.45, 7) is 3.87. The van der Waals surface area contributed by atoms with E-state index in [0.717, 1.165) is 25.7 Å². The van der Waals surface area contributed by atoms with E-state index in [2.05, 4.69) is 20.8 Å². The summed E-state index contributed by atoms with van der Waals surface area (Å²) in [5, 5.41) is 9.81. The molecule has 7 heteroatoms. The van der Waals surface area contributed by atoms with E-state index in [1.807, 2.05) is 0 Å². The molecule has 0 radical (unpaired) electrons. The van der Waals surface area contributed by atoms with E-state index >= 15 is 0 Å². The molecule has 1 aliphatic rings. The fourth-order valence-electron chi connectivity index (χ4n) is 2.38. The number of nitrogens with zero attached hydrogens (tertiary/aromatic N) is 1. The Morgan fingerprint density at radius 3 is 2.52 bits per heavy atom. The van der Waals surface area contributed by atoms with Crippen LogP contribution in [0.25, 0.3) is 0 Å². The Morgan fingerprint density at radius 2 is 1.90 bits per heavy atom. The molecule has 0 aliphatic carbocycles. The van der Waals surface area contributed by atoms with Crippen LogP contribution in [0.4, 0.5) is 13.2 Å². The van der Waals surface area contributed by atoms with Crippen LogP contribution in [0, 0.1) is 0 Å². The number of halogens is 4. The number of benzene rings is 1. The number of rotatable bonds is 4. The summed E-state index contributed by atoms with van der Waals surface area (Å²) in [6, 6.07) is 2.45. The minimum atomic E-state index is -4.55. The van der Waals surface area contributed by atoms with Gasteiger partial charge < -0.3 is 9.84 Å². The third-order valence-corrected chi connectivity index (χ3v) is 3.94. The highest BCUT2D eigenvalue weighted by molar-refractivity contribution is 9.10. The maximum Gasteiger partial charge on any atom is 0.420 e. The van der Waals surface area contributed by atoms with Gasteiger partial charge in [-0.25, -0.2) is 0 Å². The lowest BCUT2D eigenvalue weighted by molar-refractivity contribution is -0.138. The molecule has 2 rings (SSSR count). The zero-order chi connectivity index (χ0) is 15.5. The van der Waals surface area contributed by atoms with Crippen molar-refractivity contribution >= 4 is 15.9 Å². The quantitative estimate of drug-likeness (QED) is 0.884. The lowest BCUT2D eigenvalue weighted by Gasteiger charge is -2.26. The van der Waals surface area contributed by atoms with Crippen LogP contribution in [0.2, 0.25) is 0 Å². The molecule has 0 saturated carbocycles. The number of alkyl halides is 3. The monoisotopic (exact) mass is 367 g/mol. The fraction of sp³-hybridized carbons (Fsp3) is 0.571. The van der Waals surface area contributed by atoms with Crippen molar-refractivity contribution in [2.24, 2.45) is 0 Å². The van der Waals surface area contributed by atoms with E-state index < -0.39 is 17.5 Å². The molecular formula is C14H17BrF3NO2. The molecule has 0 spiro atoms. The lowest BCUT2D eigenvalue weighted by Crippen LogP contribution is -2.36. The maximum atomic E-state index is 12.8. The van der Waals surface area contributed by atoms with Gasteiger partial charge >= 0.3 is 6.18 Å². The van der Waals surface area contributed by atoms with Gasteiger partial charge in [0.1, 0.15) is 5.75 Å². The zero-order valence-electron chi connectivity index (χ0n) is 11.4. The average molecular weight is 368 g/mol. The van der Waals surface area contributed by atoms with Crippen LogP contribution >= 0.6 is 15.9 Å². The van der Waals surface area contributed by atoms with Crippen LogP contribution in [0.15, 0.2) is 16.6 Å². The zero-order valence-corrected chi connectivity index (χ0v) is 13.0. The number of aryl methyl sites for hydroxylation is 1. The number of hydrogen-bond donors (Lipinski definition) is 1. The first-order valence-electron chi connectivity index (χ1n) is 6.76. The van der Waals surface area contributed by atoms with Crippen molar-refractivity contribution in [2.45, 2.75) is 19.0 Å². The van der Waals surface area contributed by atoms with Crippen molar-refractivity contribution in [3.63, 3.8) is 0 Å². The Bertz CT molecular complexity index is 488. The smallest absolute Gasteiger partial charge is 0.420 e. The van der Waals surface area contributed by atoms with Crippen molar-refractivity contribution in [1.29, 1.82) is 0 Å². The van der Waals surface area contributed by atoms with Crippen molar-refractivity contribution in [2.75, 3.05) is 32.8 Å². The fourth-order valence-corrected chi connectivity index (χ4v) is 2.89. The molecule has 21 heavy (non-hydrogen) atoms. The normalized spacial score (nSPS) is 17.1. The molecule has 1 aliphatic heterocycles. The number of phenols is 1. The van der Waals surface area contributed by atoms with Crippen LogP contribution in [0.5, 0.6) is 5.75 Å². The Hall–Kier alpha value is -0.790. The van der Waals surface area contributed by atoms with E-state index in [9.17, 15) is 18.3 Å².